The number of hydrogen-bond donors (Lipinski definition) is 1. The van der Waals surface area contributed by atoms with Gasteiger partial charge in [0, 0.05) is 16.9 Å². The highest BCUT2D eigenvalue weighted by atomic mass is 16.5. The van der Waals surface area contributed by atoms with Gasteiger partial charge in [-0.1, -0.05) is 10.3 Å². The molecule has 0 unspecified atom stereocenters. The summed E-state index contributed by atoms with van der Waals surface area (Å²) in [4.78, 5) is 28.1. The van der Waals surface area contributed by atoms with Gasteiger partial charge in [0.2, 0.25) is 0 Å². The van der Waals surface area contributed by atoms with Crippen molar-refractivity contribution in [2.45, 2.75) is 13.8 Å². The third-order valence-corrected chi connectivity index (χ3v) is 4.85. The van der Waals surface area contributed by atoms with Gasteiger partial charge < -0.3 is 9.64 Å². The summed E-state index contributed by atoms with van der Waals surface area (Å²) in [6, 6.07) is 9.66. The second kappa shape index (κ2) is 6.62. The van der Waals surface area contributed by atoms with E-state index >= 15 is 0 Å². The normalized spacial score (nSPS) is 13.9. The molecule has 0 saturated heterocycles. The fourth-order valence-electron chi connectivity index (χ4n) is 3.42. The van der Waals surface area contributed by atoms with Gasteiger partial charge in [0.05, 0.1) is 18.3 Å². The van der Waals surface area contributed by atoms with E-state index < -0.39 is 0 Å². The molecular weight excluding hydrogens is 370 g/mol. The molecule has 5 rings (SSSR count). The lowest BCUT2D eigenvalue weighted by molar-refractivity contribution is 0.0985. The van der Waals surface area contributed by atoms with E-state index in [1.807, 2.05) is 44.2 Å². The van der Waals surface area contributed by atoms with E-state index in [1.54, 1.807) is 11.1 Å². The van der Waals surface area contributed by atoms with E-state index in [9.17, 15) is 4.79 Å². The van der Waals surface area contributed by atoms with Crippen LogP contribution in [0.2, 0.25) is 0 Å². The van der Waals surface area contributed by atoms with Crippen LogP contribution >= 0.6 is 0 Å². The number of amides is 1. The fourth-order valence-corrected chi connectivity index (χ4v) is 3.42. The number of hydrogen-bond acceptors (Lipinski definition) is 7. The van der Waals surface area contributed by atoms with E-state index in [1.165, 1.54) is 0 Å². The van der Waals surface area contributed by atoms with Gasteiger partial charge in [-0.25, -0.2) is 20.1 Å². The van der Waals surface area contributed by atoms with Crippen molar-refractivity contribution in [2.24, 2.45) is 0 Å². The van der Waals surface area contributed by atoms with E-state index in [0.29, 0.717) is 19.0 Å². The van der Waals surface area contributed by atoms with E-state index in [4.69, 9.17) is 4.74 Å². The first-order valence-corrected chi connectivity index (χ1v) is 9.17. The number of aromatic nitrogens is 6. The zero-order valence-electron chi connectivity index (χ0n) is 15.9. The summed E-state index contributed by atoms with van der Waals surface area (Å²) in [5, 5.41) is 10.1. The molecule has 1 aliphatic heterocycles. The van der Waals surface area contributed by atoms with Gasteiger partial charge in [-0.05, 0) is 49.7 Å². The molecule has 0 bridgehead atoms. The van der Waals surface area contributed by atoms with Gasteiger partial charge in [0.25, 0.3) is 11.8 Å². The molecule has 0 fully saturated rings. The molecule has 0 saturated carbocycles. The molecule has 0 aliphatic carbocycles. The third kappa shape index (κ3) is 2.96. The SMILES string of the molecule is Cc1ccc2nc(-c3ccc(N4CCOc5nn[nH]c5C4=O)c(C)c3)ncc2n1. The van der Waals surface area contributed by atoms with Crippen molar-refractivity contribution in [1.82, 2.24) is 30.4 Å². The number of carbonyl (C=O) groups excluding carboxylic acids is 1. The van der Waals surface area contributed by atoms with Crippen LogP contribution in [0.5, 0.6) is 5.88 Å². The number of aryl methyl sites for hydroxylation is 2. The maximum absolute atomic E-state index is 12.9. The first kappa shape index (κ1) is 17.2. The maximum Gasteiger partial charge on any atom is 0.282 e. The van der Waals surface area contributed by atoms with E-state index in [-0.39, 0.29) is 17.5 Å². The molecule has 3 aromatic heterocycles. The Kier molecular flexibility index (Phi) is 3.94. The first-order valence-electron chi connectivity index (χ1n) is 9.17. The lowest BCUT2D eigenvalue weighted by Gasteiger charge is -2.22. The Morgan fingerprint density at radius 1 is 1.10 bits per heavy atom. The zero-order chi connectivity index (χ0) is 20.0. The van der Waals surface area contributed by atoms with Crippen molar-refractivity contribution >= 4 is 22.6 Å². The number of aromatic amines is 1. The van der Waals surface area contributed by atoms with Crippen molar-refractivity contribution in [3.05, 3.63) is 53.5 Å². The number of nitrogens with zero attached hydrogens (tertiary/aromatic N) is 6. The molecule has 4 heterocycles. The summed E-state index contributed by atoms with van der Waals surface area (Å²) in [5.74, 6) is 0.630. The standard InChI is InChI=1S/C20H17N7O2/c1-11-9-13(18-21-10-15-14(23-18)5-3-12(2)22-15)4-6-16(11)27-7-8-29-19-17(20(27)28)24-26-25-19/h3-6,9-10H,7-8H2,1-2H3,(H,24,25,26). The van der Waals surface area contributed by atoms with Gasteiger partial charge in [0.15, 0.2) is 11.5 Å². The van der Waals surface area contributed by atoms with Gasteiger partial charge in [-0.2, -0.15) is 0 Å². The summed E-state index contributed by atoms with van der Waals surface area (Å²) in [5.41, 5.74) is 5.33. The molecule has 9 nitrogen and oxygen atoms in total. The minimum atomic E-state index is -0.221. The van der Waals surface area contributed by atoms with Crippen molar-refractivity contribution in [3.63, 3.8) is 0 Å². The number of anilines is 1. The second-order valence-electron chi connectivity index (χ2n) is 6.85. The van der Waals surface area contributed by atoms with Crippen LogP contribution in [0.4, 0.5) is 5.69 Å². The Morgan fingerprint density at radius 2 is 2.00 bits per heavy atom. The smallest absolute Gasteiger partial charge is 0.282 e. The van der Waals surface area contributed by atoms with Crippen LogP contribution in [-0.2, 0) is 0 Å². The average Bonchev–Trinajstić information content (AvgIpc) is 3.13. The number of fused-ring (bicyclic) bond motifs is 2. The summed E-state index contributed by atoms with van der Waals surface area (Å²) in [6.45, 7) is 4.65. The van der Waals surface area contributed by atoms with Crippen LogP contribution in [0, 0.1) is 13.8 Å². The second-order valence-corrected chi connectivity index (χ2v) is 6.85. The predicted octanol–water partition coefficient (Wildman–Crippen LogP) is 2.47. The largest absolute Gasteiger partial charge is 0.473 e. The van der Waals surface area contributed by atoms with Crippen LogP contribution in [0.3, 0.4) is 0 Å². The average molecular weight is 387 g/mol. The summed E-state index contributed by atoms with van der Waals surface area (Å²) >= 11 is 0. The zero-order valence-corrected chi connectivity index (χ0v) is 15.9. The quantitative estimate of drug-likeness (QED) is 0.562. The Hall–Kier alpha value is -3.88. The molecule has 1 aromatic carbocycles. The fraction of sp³-hybridized carbons (Fsp3) is 0.200. The van der Waals surface area contributed by atoms with Gasteiger partial charge in [-0.3, -0.25) is 4.79 Å². The Labute approximate surface area is 165 Å². The number of carbonyl (C=O) groups is 1. The van der Waals surface area contributed by atoms with E-state index in [2.05, 4.69) is 30.4 Å². The molecule has 1 amide bonds. The molecule has 4 aromatic rings. The highest BCUT2D eigenvalue weighted by Crippen LogP contribution is 2.29. The predicted molar refractivity (Wildman–Crippen MR) is 106 cm³/mol. The molecule has 0 atom stereocenters. The van der Waals surface area contributed by atoms with Crippen LogP contribution in [-0.4, -0.2) is 49.4 Å². The van der Waals surface area contributed by atoms with Gasteiger partial charge in [-0.15, -0.1) is 0 Å². The molecule has 1 aliphatic rings. The Balaban J connectivity index is 1.51. The molecular formula is C20H17N7O2. The topological polar surface area (TPSA) is 110 Å². The number of ether oxygens (including phenoxy) is 1. The number of pyridine rings is 1. The molecule has 1 N–H and O–H groups in total. The number of rotatable bonds is 2. The van der Waals surface area contributed by atoms with Gasteiger partial charge >= 0.3 is 0 Å². The minimum absolute atomic E-state index is 0.221. The monoisotopic (exact) mass is 387 g/mol. The van der Waals surface area contributed by atoms with Crippen LogP contribution in [0.15, 0.2) is 36.5 Å². The van der Waals surface area contributed by atoms with Crippen LogP contribution in [0.25, 0.3) is 22.4 Å². The molecule has 144 valence electrons. The number of benzene rings is 1. The molecule has 29 heavy (non-hydrogen) atoms. The Morgan fingerprint density at radius 3 is 2.86 bits per heavy atom. The minimum Gasteiger partial charge on any atom is -0.473 e. The van der Waals surface area contributed by atoms with Crippen molar-refractivity contribution in [2.75, 3.05) is 18.1 Å². The number of H-pyrrole nitrogens is 1. The summed E-state index contributed by atoms with van der Waals surface area (Å²) in [6.07, 6.45) is 1.73. The molecule has 0 spiro atoms. The van der Waals surface area contributed by atoms with Crippen molar-refractivity contribution in [1.29, 1.82) is 0 Å². The van der Waals surface area contributed by atoms with Gasteiger partial charge in [0.1, 0.15) is 12.1 Å². The van der Waals surface area contributed by atoms with Crippen molar-refractivity contribution < 1.29 is 9.53 Å². The lowest BCUT2D eigenvalue weighted by atomic mass is 10.1. The molecule has 9 heteroatoms. The first-order chi connectivity index (χ1) is 14.1. The maximum atomic E-state index is 12.9. The highest BCUT2D eigenvalue weighted by molar-refractivity contribution is 6.07. The van der Waals surface area contributed by atoms with E-state index in [0.717, 1.165) is 33.5 Å². The Bertz CT molecular complexity index is 1250. The number of nitrogens with one attached hydrogen (secondary N) is 1. The molecule has 0 radical (unpaired) electrons. The lowest BCUT2D eigenvalue weighted by Crippen LogP contribution is -2.33. The highest BCUT2D eigenvalue weighted by Gasteiger charge is 2.28. The third-order valence-electron chi connectivity index (χ3n) is 4.85. The summed E-state index contributed by atoms with van der Waals surface area (Å²) in [7, 11) is 0. The van der Waals surface area contributed by atoms with Crippen molar-refractivity contribution in [3.8, 4) is 17.3 Å². The van der Waals surface area contributed by atoms with Crippen LogP contribution in [0.1, 0.15) is 21.7 Å². The summed E-state index contributed by atoms with van der Waals surface area (Å²) < 4.78 is 5.50. The van der Waals surface area contributed by atoms with Crippen LogP contribution < -0.4 is 9.64 Å².